The van der Waals surface area contributed by atoms with Crippen molar-refractivity contribution in [3.63, 3.8) is 0 Å². The summed E-state index contributed by atoms with van der Waals surface area (Å²) in [7, 11) is 0. The van der Waals surface area contributed by atoms with Gasteiger partial charge in [-0.3, -0.25) is 4.90 Å². The summed E-state index contributed by atoms with van der Waals surface area (Å²) in [4.78, 5) is 2.52. The first-order chi connectivity index (χ1) is 9.42. The van der Waals surface area contributed by atoms with Crippen LogP contribution in [0, 0.1) is 0 Å². The Morgan fingerprint density at radius 3 is 3.00 bits per heavy atom. The third-order valence-corrected chi connectivity index (χ3v) is 4.15. The number of fused-ring (bicyclic) bond motifs is 1. The van der Waals surface area contributed by atoms with Crippen molar-refractivity contribution in [2.75, 3.05) is 44.7 Å². The summed E-state index contributed by atoms with van der Waals surface area (Å²) < 4.78 is 5.38. The molecule has 0 aliphatic carbocycles. The van der Waals surface area contributed by atoms with Gasteiger partial charge in [0.2, 0.25) is 0 Å². The van der Waals surface area contributed by atoms with Gasteiger partial charge >= 0.3 is 0 Å². The molecule has 0 bridgehead atoms. The van der Waals surface area contributed by atoms with Gasteiger partial charge in [-0.25, -0.2) is 0 Å². The third-order valence-electron chi connectivity index (χ3n) is 4.15. The zero-order valence-electron chi connectivity index (χ0n) is 11.7. The second-order valence-corrected chi connectivity index (χ2v) is 5.58. The van der Waals surface area contributed by atoms with Gasteiger partial charge < -0.3 is 10.1 Å². The van der Waals surface area contributed by atoms with Gasteiger partial charge in [0.15, 0.2) is 0 Å². The van der Waals surface area contributed by atoms with Crippen LogP contribution in [0.25, 0.3) is 0 Å². The van der Waals surface area contributed by atoms with Crippen LogP contribution in [0.4, 0.5) is 5.69 Å². The molecule has 1 aromatic rings. The minimum Gasteiger partial charge on any atom is -0.385 e. The Bertz CT molecular complexity index is 413. The second kappa shape index (κ2) is 6.40. The van der Waals surface area contributed by atoms with E-state index < -0.39 is 0 Å². The quantitative estimate of drug-likeness (QED) is 0.899. The lowest BCUT2D eigenvalue weighted by Gasteiger charge is -2.26. The lowest BCUT2D eigenvalue weighted by molar-refractivity contribution is 0.0375. The van der Waals surface area contributed by atoms with Crippen molar-refractivity contribution in [2.24, 2.45) is 0 Å². The lowest BCUT2D eigenvalue weighted by atomic mass is 9.99. The zero-order chi connectivity index (χ0) is 12.9. The van der Waals surface area contributed by atoms with Gasteiger partial charge in [0.05, 0.1) is 13.2 Å². The molecule has 0 unspecified atom stereocenters. The van der Waals surface area contributed by atoms with Gasteiger partial charge in [-0.15, -0.1) is 0 Å². The van der Waals surface area contributed by atoms with Crippen molar-refractivity contribution in [1.82, 2.24) is 4.90 Å². The van der Waals surface area contributed by atoms with Crippen LogP contribution in [0.2, 0.25) is 0 Å². The van der Waals surface area contributed by atoms with Gasteiger partial charge in [0, 0.05) is 25.3 Å². The maximum absolute atomic E-state index is 5.38. The molecule has 0 spiro atoms. The number of nitrogens with zero attached hydrogens (tertiary/aromatic N) is 1. The van der Waals surface area contributed by atoms with Gasteiger partial charge in [-0.05, 0) is 49.4 Å². The van der Waals surface area contributed by atoms with Gasteiger partial charge in [-0.1, -0.05) is 12.1 Å². The number of benzene rings is 1. The molecule has 0 atom stereocenters. The Labute approximate surface area is 115 Å². The predicted octanol–water partition coefficient (Wildman–Crippen LogP) is 2.31. The van der Waals surface area contributed by atoms with Gasteiger partial charge in [-0.2, -0.15) is 0 Å². The van der Waals surface area contributed by atoms with E-state index in [0.29, 0.717) is 0 Å². The van der Waals surface area contributed by atoms with Crippen LogP contribution >= 0.6 is 0 Å². The first-order valence-electron chi connectivity index (χ1n) is 7.57. The first-order valence-corrected chi connectivity index (χ1v) is 7.57. The number of nitrogens with one attached hydrogen (secondary N) is 1. The van der Waals surface area contributed by atoms with E-state index >= 15 is 0 Å². The number of rotatable bonds is 4. The molecule has 3 rings (SSSR count). The van der Waals surface area contributed by atoms with Crippen molar-refractivity contribution in [1.29, 1.82) is 0 Å². The standard InChI is InChI=1S/C16H24N2O/c1-4-15-13-14(5-6-16(15)17-7-1)3-2-8-18-9-11-19-12-10-18/h5-6,13,17H,1-4,7-12H2. The van der Waals surface area contributed by atoms with Crippen molar-refractivity contribution in [2.45, 2.75) is 25.7 Å². The molecule has 1 fully saturated rings. The Morgan fingerprint density at radius 2 is 2.11 bits per heavy atom. The van der Waals surface area contributed by atoms with Crippen molar-refractivity contribution in [3.05, 3.63) is 29.3 Å². The number of hydrogen-bond acceptors (Lipinski definition) is 3. The molecule has 2 heterocycles. The molecular weight excluding hydrogens is 236 g/mol. The van der Waals surface area contributed by atoms with Gasteiger partial charge in [0.25, 0.3) is 0 Å². The van der Waals surface area contributed by atoms with E-state index in [1.54, 1.807) is 0 Å². The highest BCUT2D eigenvalue weighted by molar-refractivity contribution is 5.54. The molecule has 2 aliphatic heterocycles. The van der Waals surface area contributed by atoms with Crippen LogP contribution in [0.3, 0.4) is 0 Å². The number of morpholine rings is 1. The maximum atomic E-state index is 5.38. The Balaban J connectivity index is 1.49. The van der Waals surface area contributed by atoms with Crippen LogP contribution in [0.5, 0.6) is 0 Å². The van der Waals surface area contributed by atoms with Crippen molar-refractivity contribution < 1.29 is 4.74 Å². The fourth-order valence-corrected chi connectivity index (χ4v) is 3.02. The van der Waals surface area contributed by atoms with E-state index in [2.05, 4.69) is 28.4 Å². The Morgan fingerprint density at radius 1 is 1.21 bits per heavy atom. The zero-order valence-corrected chi connectivity index (χ0v) is 11.7. The number of ether oxygens (including phenoxy) is 1. The molecule has 19 heavy (non-hydrogen) atoms. The number of anilines is 1. The van der Waals surface area contributed by atoms with E-state index in [1.807, 2.05) is 0 Å². The highest BCUT2D eigenvalue weighted by Gasteiger charge is 2.11. The lowest BCUT2D eigenvalue weighted by Crippen LogP contribution is -2.36. The van der Waals surface area contributed by atoms with E-state index in [9.17, 15) is 0 Å². The van der Waals surface area contributed by atoms with E-state index in [-0.39, 0.29) is 0 Å². The number of hydrogen-bond donors (Lipinski definition) is 1. The molecule has 3 heteroatoms. The molecule has 1 saturated heterocycles. The molecule has 1 N–H and O–H groups in total. The van der Waals surface area contributed by atoms with E-state index in [1.165, 1.54) is 49.0 Å². The minimum absolute atomic E-state index is 0.907. The summed E-state index contributed by atoms with van der Waals surface area (Å²) >= 11 is 0. The van der Waals surface area contributed by atoms with Gasteiger partial charge in [0.1, 0.15) is 0 Å². The molecule has 2 aliphatic rings. The molecule has 0 aromatic heterocycles. The van der Waals surface area contributed by atoms with E-state index in [0.717, 1.165) is 32.8 Å². The monoisotopic (exact) mass is 260 g/mol. The summed E-state index contributed by atoms with van der Waals surface area (Å²) in [6.07, 6.45) is 4.96. The Kier molecular flexibility index (Phi) is 4.36. The minimum atomic E-state index is 0.907. The smallest absolute Gasteiger partial charge is 0.0594 e. The normalized spacial score (nSPS) is 19.8. The van der Waals surface area contributed by atoms with Crippen LogP contribution in [0.1, 0.15) is 24.0 Å². The topological polar surface area (TPSA) is 24.5 Å². The molecule has 0 saturated carbocycles. The van der Waals surface area contributed by atoms with Crippen molar-refractivity contribution >= 4 is 5.69 Å². The molecule has 0 amide bonds. The average Bonchev–Trinajstić information content (AvgIpc) is 2.48. The molecule has 104 valence electrons. The van der Waals surface area contributed by atoms with Crippen molar-refractivity contribution in [3.8, 4) is 0 Å². The molecule has 1 aromatic carbocycles. The summed E-state index contributed by atoms with van der Waals surface area (Å²) in [5, 5.41) is 3.48. The number of aryl methyl sites for hydroxylation is 2. The van der Waals surface area contributed by atoms with Crippen LogP contribution in [0.15, 0.2) is 18.2 Å². The fourth-order valence-electron chi connectivity index (χ4n) is 3.02. The van der Waals surface area contributed by atoms with Crippen LogP contribution in [-0.4, -0.2) is 44.3 Å². The van der Waals surface area contributed by atoms with E-state index in [4.69, 9.17) is 4.74 Å². The summed E-state index contributed by atoms with van der Waals surface area (Å²) in [5.74, 6) is 0. The molecule has 0 radical (unpaired) electrons. The maximum Gasteiger partial charge on any atom is 0.0594 e. The van der Waals surface area contributed by atoms with Crippen LogP contribution in [-0.2, 0) is 17.6 Å². The highest BCUT2D eigenvalue weighted by Crippen LogP contribution is 2.23. The summed E-state index contributed by atoms with van der Waals surface area (Å²) in [5.41, 5.74) is 4.36. The SMILES string of the molecule is c1cc2c(cc1CCCN1CCOCC1)CCCN2. The molecular formula is C16H24N2O. The Hall–Kier alpha value is -1.06. The average molecular weight is 260 g/mol. The third kappa shape index (κ3) is 3.48. The summed E-state index contributed by atoms with van der Waals surface area (Å²) in [6, 6.07) is 6.95. The highest BCUT2D eigenvalue weighted by atomic mass is 16.5. The second-order valence-electron chi connectivity index (χ2n) is 5.58. The summed E-state index contributed by atoms with van der Waals surface area (Å²) in [6.45, 7) is 6.36. The molecule has 3 nitrogen and oxygen atoms in total. The first kappa shape index (κ1) is 12.9. The van der Waals surface area contributed by atoms with Crippen LogP contribution < -0.4 is 5.32 Å². The fraction of sp³-hybridized carbons (Fsp3) is 0.625. The largest absolute Gasteiger partial charge is 0.385 e. The predicted molar refractivity (Wildman–Crippen MR) is 78.8 cm³/mol.